The molecule has 1 aliphatic rings. The first-order chi connectivity index (χ1) is 11.3. The van der Waals surface area contributed by atoms with Gasteiger partial charge in [0.05, 0.1) is 0 Å². The zero-order chi connectivity index (χ0) is 15.9. The summed E-state index contributed by atoms with van der Waals surface area (Å²) in [5.41, 5.74) is 0.693. The number of hydrogen-bond acceptors (Lipinski definition) is 5. The van der Waals surface area contributed by atoms with E-state index in [0.717, 1.165) is 5.96 Å². The first-order valence-electron chi connectivity index (χ1n) is 8.06. The Morgan fingerprint density at radius 3 is 2.88 bits per heavy atom. The van der Waals surface area contributed by atoms with Crippen LogP contribution in [0.3, 0.4) is 0 Å². The molecule has 1 aliphatic carbocycles. The molecule has 1 saturated carbocycles. The van der Waals surface area contributed by atoms with Crippen LogP contribution >= 0.6 is 24.0 Å². The zero-order valence-corrected chi connectivity index (χ0v) is 16.1. The molecule has 0 spiro atoms. The maximum atomic E-state index is 5.24. The fraction of sp³-hybridized carbons (Fsp3) is 0.500. The van der Waals surface area contributed by atoms with Crippen molar-refractivity contribution in [1.82, 2.24) is 25.8 Å². The lowest BCUT2D eigenvalue weighted by atomic mass is 10.2. The molecule has 8 heteroatoms. The van der Waals surface area contributed by atoms with Gasteiger partial charge in [-0.05, 0) is 25.0 Å². The zero-order valence-electron chi connectivity index (χ0n) is 13.7. The summed E-state index contributed by atoms with van der Waals surface area (Å²) >= 11 is 0. The van der Waals surface area contributed by atoms with Crippen LogP contribution in [0.4, 0.5) is 0 Å². The van der Waals surface area contributed by atoms with Crippen molar-refractivity contribution in [2.45, 2.75) is 38.1 Å². The van der Waals surface area contributed by atoms with Crippen molar-refractivity contribution < 1.29 is 4.52 Å². The average Bonchev–Trinajstić information content (AvgIpc) is 3.26. The molecule has 0 atom stereocenters. The highest BCUT2D eigenvalue weighted by Gasteiger charge is 2.16. The highest BCUT2D eigenvalue weighted by molar-refractivity contribution is 14.0. The second-order valence-electron chi connectivity index (χ2n) is 5.61. The minimum Gasteiger partial charge on any atom is -0.356 e. The molecule has 24 heavy (non-hydrogen) atoms. The molecule has 130 valence electrons. The first-order valence-corrected chi connectivity index (χ1v) is 8.06. The number of guanidine groups is 1. The number of aromatic nitrogens is 3. The Bertz CT molecular complexity index is 639. The molecule has 0 saturated heterocycles. The van der Waals surface area contributed by atoms with Gasteiger partial charge in [-0.1, -0.05) is 24.1 Å². The van der Waals surface area contributed by atoms with Gasteiger partial charge in [-0.3, -0.25) is 9.98 Å². The third-order valence-electron chi connectivity index (χ3n) is 3.91. The molecule has 2 aromatic heterocycles. The third-order valence-corrected chi connectivity index (χ3v) is 3.91. The summed E-state index contributed by atoms with van der Waals surface area (Å²) < 4.78 is 5.24. The summed E-state index contributed by atoms with van der Waals surface area (Å²) in [6.07, 6.45) is 7.42. The van der Waals surface area contributed by atoms with Crippen molar-refractivity contribution in [3.63, 3.8) is 0 Å². The van der Waals surface area contributed by atoms with E-state index in [2.05, 4.69) is 30.8 Å². The van der Waals surface area contributed by atoms with E-state index in [-0.39, 0.29) is 24.0 Å². The smallest absolute Gasteiger partial charge is 0.276 e. The van der Waals surface area contributed by atoms with E-state index in [4.69, 9.17) is 4.52 Å². The predicted molar refractivity (Wildman–Crippen MR) is 103 cm³/mol. The monoisotopic (exact) mass is 442 g/mol. The summed E-state index contributed by atoms with van der Waals surface area (Å²) in [5, 5.41) is 10.7. The van der Waals surface area contributed by atoms with Crippen molar-refractivity contribution in [2.24, 2.45) is 4.99 Å². The Kier molecular flexibility index (Phi) is 7.41. The van der Waals surface area contributed by atoms with Crippen molar-refractivity contribution in [3.8, 4) is 11.6 Å². The van der Waals surface area contributed by atoms with Gasteiger partial charge in [-0.2, -0.15) is 4.98 Å². The van der Waals surface area contributed by atoms with E-state index in [9.17, 15) is 0 Å². The van der Waals surface area contributed by atoms with E-state index < -0.39 is 0 Å². The van der Waals surface area contributed by atoms with Crippen molar-refractivity contribution in [2.75, 3.05) is 13.6 Å². The number of pyridine rings is 1. The summed E-state index contributed by atoms with van der Waals surface area (Å²) in [6, 6.07) is 6.14. The number of hydrogen-bond donors (Lipinski definition) is 2. The second kappa shape index (κ2) is 9.55. The van der Waals surface area contributed by atoms with E-state index in [1.165, 1.54) is 25.7 Å². The van der Waals surface area contributed by atoms with Crippen molar-refractivity contribution in [1.29, 1.82) is 0 Å². The van der Waals surface area contributed by atoms with E-state index in [0.29, 0.717) is 36.4 Å². The van der Waals surface area contributed by atoms with Crippen LogP contribution in [0.2, 0.25) is 0 Å². The molecular weight excluding hydrogens is 419 g/mol. The van der Waals surface area contributed by atoms with Gasteiger partial charge in [0, 0.05) is 32.3 Å². The Labute approximate surface area is 158 Å². The van der Waals surface area contributed by atoms with Gasteiger partial charge >= 0.3 is 0 Å². The Morgan fingerprint density at radius 1 is 1.33 bits per heavy atom. The van der Waals surface area contributed by atoms with Crippen molar-refractivity contribution >= 4 is 29.9 Å². The number of nitrogens with zero attached hydrogens (tertiary/aromatic N) is 4. The summed E-state index contributed by atoms with van der Waals surface area (Å²) in [4.78, 5) is 12.8. The normalized spacial score (nSPS) is 15.1. The second-order valence-corrected chi connectivity index (χ2v) is 5.61. The number of rotatable bonds is 5. The molecule has 0 aromatic carbocycles. The van der Waals surface area contributed by atoms with Gasteiger partial charge in [0.1, 0.15) is 5.69 Å². The van der Waals surface area contributed by atoms with Gasteiger partial charge in [-0.25, -0.2) is 0 Å². The molecule has 1 fully saturated rings. The minimum atomic E-state index is 0. The molecule has 0 bridgehead atoms. The summed E-state index contributed by atoms with van der Waals surface area (Å²) in [6.45, 7) is 0.702. The lowest BCUT2D eigenvalue weighted by Crippen LogP contribution is -2.43. The van der Waals surface area contributed by atoms with Gasteiger partial charge in [0.15, 0.2) is 11.8 Å². The average molecular weight is 442 g/mol. The topological polar surface area (TPSA) is 88.2 Å². The lowest BCUT2D eigenvalue weighted by Gasteiger charge is -2.16. The Hall–Kier alpha value is -1.71. The van der Waals surface area contributed by atoms with Gasteiger partial charge in [0.2, 0.25) is 0 Å². The first kappa shape index (κ1) is 18.6. The standard InChI is InChI=1S/C16H22N6O.HI/c1-17-16(20-12-6-2-3-7-12)19-11-9-14-21-15(23-22-14)13-8-4-5-10-18-13;/h4-5,8,10,12H,2-3,6-7,9,11H2,1H3,(H2,17,19,20);1H. The molecule has 0 unspecified atom stereocenters. The molecule has 0 aliphatic heterocycles. The van der Waals surface area contributed by atoms with Crippen molar-refractivity contribution in [3.05, 3.63) is 30.2 Å². The maximum Gasteiger partial charge on any atom is 0.276 e. The molecule has 2 N–H and O–H groups in total. The molecule has 0 amide bonds. The largest absolute Gasteiger partial charge is 0.356 e. The van der Waals surface area contributed by atoms with Gasteiger partial charge in [-0.15, -0.1) is 24.0 Å². The van der Waals surface area contributed by atoms with Crippen LogP contribution in [-0.2, 0) is 6.42 Å². The Balaban J connectivity index is 0.00000208. The molecule has 7 nitrogen and oxygen atoms in total. The lowest BCUT2D eigenvalue weighted by molar-refractivity contribution is 0.421. The summed E-state index contributed by atoms with van der Waals surface area (Å²) in [5.74, 6) is 1.95. The van der Waals surface area contributed by atoms with Crippen LogP contribution in [0.15, 0.2) is 33.9 Å². The number of nitrogens with one attached hydrogen (secondary N) is 2. The highest BCUT2D eigenvalue weighted by Crippen LogP contribution is 2.17. The Morgan fingerprint density at radius 2 is 2.17 bits per heavy atom. The number of halogens is 1. The van der Waals surface area contributed by atoms with E-state index in [1.54, 1.807) is 13.2 Å². The minimum absolute atomic E-state index is 0. The molecular formula is C16H23IN6O. The summed E-state index contributed by atoms with van der Waals surface area (Å²) in [7, 11) is 1.79. The van der Waals surface area contributed by atoms with E-state index in [1.807, 2.05) is 18.2 Å². The fourth-order valence-corrected chi connectivity index (χ4v) is 2.70. The highest BCUT2D eigenvalue weighted by atomic mass is 127. The van der Waals surface area contributed by atoms with Crippen LogP contribution in [-0.4, -0.2) is 40.7 Å². The molecule has 2 heterocycles. The predicted octanol–water partition coefficient (Wildman–Crippen LogP) is 2.40. The van der Waals surface area contributed by atoms with Crippen LogP contribution < -0.4 is 10.6 Å². The van der Waals surface area contributed by atoms with Gasteiger partial charge < -0.3 is 15.2 Å². The van der Waals surface area contributed by atoms with Crippen LogP contribution in [0, 0.1) is 0 Å². The van der Waals surface area contributed by atoms with E-state index >= 15 is 0 Å². The van der Waals surface area contributed by atoms with Crippen LogP contribution in [0.25, 0.3) is 11.6 Å². The third kappa shape index (κ3) is 5.15. The van der Waals surface area contributed by atoms with Crippen LogP contribution in [0.1, 0.15) is 31.5 Å². The molecule has 2 aromatic rings. The number of aliphatic imine (C=N–C) groups is 1. The molecule has 0 radical (unpaired) electrons. The van der Waals surface area contributed by atoms with Crippen LogP contribution in [0.5, 0.6) is 0 Å². The quantitative estimate of drug-likeness (QED) is 0.420. The maximum absolute atomic E-state index is 5.24. The van der Waals surface area contributed by atoms with Gasteiger partial charge in [0.25, 0.3) is 5.89 Å². The fourth-order valence-electron chi connectivity index (χ4n) is 2.70. The molecule has 3 rings (SSSR count). The SMILES string of the molecule is CN=C(NCCc1noc(-c2ccccn2)n1)NC1CCCC1.I.